The first kappa shape index (κ1) is 11.2. The Balaban J connectivity index is 2.28. The van der Waals surface area contributed by atoms with E-state index in [0.29, 0.717) is 16.9 Å². The fourth-order valence-electron chi connectivity index (χ4n) is 1.74. The molecule has 0 saturated heterocycles. The van der Waals surface area contributed by atoms with Gasteiger partial charge in [0, 0.05) is 10.7 Å². The maximum absolute atomic E-state index is 12.0. The smallest absolute Gasteiger partial charge is 0.260 e. The molecule has 2 heterocycles. The minimum Gasteiger partial charge on any atom is -0.290 e. The molecule has 90 valence electrons. The van der Waals surface area contributed by atoms with Crippen LogP contribution in [0.3, 0.4) is 0 Å². The quantitative estimate of drug-likeness (QED) is 0.749. The Morgan fingerprint density at radius 3 is 2.89 bits per heavy atom. The summed E-state index contributed by atoms with van der Waals surface area (Å²) in [6, 6.07) is 7.26. The van der Waals surface area contributed by atoms with Crippen molar-refractivity contribution in [2.24, 2.45) is 0 Å². The van der Waals surface area contributed by atoms with Gasteiger partial charge in [0.2, 0.25) is 5.95 Å². The summed E-state index contributed by atoms with van der Waals surface area (Å²) in [5.41, 5.74) is 1.34. The molecule has 3 rings (SSSR count). The summed E-state index contributed by atoms with van der Waals surface area (Å²) in [6.45, 7) is 1.88. The standard InChI is InChI=1S/C12H9BrN4O/c1-7-4-5-17(16-7)12-14-10-3-2-8(13)6-9(10)11(18)15-12/h2-6H,1H3,(H,14,15,18). The number of aromatic nitrogens is 4. The van der Waals surface area contributed by atoms with Crippen LogP contribution in [0.5, 0.6) is 0 Å². The summed E-state index contributed by atoms with van der Waals surface area (Å²) >= 11 is 3.34. The third-order valence-electron chi connectivity index (χ3n) is 2.59. The maximum atomic E-state index is 12.0. The Bertz CT molecular complexity index is 790. The lowest BCUT2D eigenvalue weighted by molar-refractivity contribution is 0.799. The first-order valence-electron chi connectivity index (χ1n) is 5.36. The van der Waals surface area contributed by atoms with Gasteiger partial charge >= 0.3 is 0 Å². The fraction of sp³-hybridized carbons (Fsp3) is 0.0833. The van der Waals surface area contributed by atoms with E-state index in [-0.39, 0.29) is 5.56 Å². The average Bonchev–Trinajstić information content (AvgIpc) is 2.77. The van der Waals surface area contributed by atoms with Crippen molar-refractivity contribution in [3.05, 3.63) is 51.0 Å². The third kappa shape index (κ3) is 1.84. The molecular weight excluding hydrogens is 296 g/mol. The van der Waals surface area contributed by atoms with E-state index >= 15 is 0 Å². The van der Waals surface area contributed by atoms with Crippen LogP contribution in [0, 0.1) is 6.92 Å². The topological polar surface area (TPSA) is 63.6 Å². The predicted octanol–water partition coefficient (Wildman–Crippen LogP) is 2.18. The van der Waals surface area contributed by atoms with E-state index in [1.165, 1.54) is 0 Å². The van der Waals surface area contributed by atoms with Crippen LogP contribution in [-0.2, 0) is 0 Å². The summed E-state index contributed by atoms with van der Waals surface area (Å²) in [5.74, 6) is 0.419. The summed E-state index contributed by atoms with van der Waals surface area (Å²) in [5, 5.41) is 4.77. The first-order chi connectivity index (χ1) is 8.63. The number of aromatic amines is 1. The zero-order valence-corrected chi connectivity index (χ0v) is 11.1. The second-order valence-electron chi connectivity index (χ2n) is 3.95. The average molecular weight is 305 g/mol. The second kappa shape index (κ2) is 4.06. The molecule has 0 spiro atoms. The lowest BCUT2D eigenvalue weighted by Gasteiger charge is -2.02. The van der Waals surface area contributed by atoms with Gasteiger partial charge in [-0.3, -0.25) is 9.78 Å². The zero-order chi connectivity index (χ0) is 12.7. The molecule has 0 unspecified atom stereocenters. The zero-order valence-electron chi connectivity index (χ0n) is 9.51. The molecule has 0 radical (unpaired) electrons. The van der Waals surface area contributed by atoms with E-state index in [1.807, 2.05) is 19.1 Å². The maximum Gasteiger partial charge on any atom is 0.260 e. The van der Waals surface area contributed by atoms with Crippen molar-refractivity contribution in [3.8, 4) is 5.95 Å². The molecule has 1 aromatic carbocycles. The Kier molecular flexibility index (Phi) is 2.52. The highest BCUT2D eigenvalue weighted by Gasteiger charge is 2.06. The van der Waals surface area contributed by atoms with Crippen molar-refractivity contribution in [3.63, 3.8) is 0 Å². The van der Waals surface area contributed by atoms with Crippen LogP contribution in [0.4, 0.5) is 0 Å². The molecule has 0 bridgehead atoms. The van der Waals surface area contributed by atoms with E-state index in [4.69, 9.17) is 0 Å². The van der Waals surface area contributed by atoms with Gasteiger partial charge in [0.1, 0.15) is 0 Å². The first-order valence-corrected chi connectivity index (χ1v) is 6.15. The molecule has 2 aromatic heterocycles. The van der Waals surface area contributed by atoms with Crippen LogP contribution in [0.2, 0.25) is 0 Å². The monoisotopic (exact) mass is 304 g/mol. The number of rotatable bonds is 1. The van der Waals surface area contributed by atoms with Gasteiger partial charge in [-0.25, -0.2) is 9.67 Å². The molecule has 5 nitrogen and oxygen atoms in total. The van der Waals surface area contributed by atoms with Crippen molar-refractivity contribution in [1.29, 1.82) is 0 Å². The van der Waals surface area contributed by atoms with Crippen LogP contribution in [0.25, 0.3) is 16.9 Å². The van der Waals surface area contributed by atoms with Crippen LogP contribution >= 0.6 is 15.9 Å². The molecule has 0 fully saturated rings. The highest BCUT2D eigenvalue weighted by molar-refractivity contribution is 9.10. The van der Waals surface area contributed by atoms with E-state index in [2.05, 4.69) is 31.0 Å². The number of nitrogens with zero attached hydrogens (tertiary/aromatic N) is 3. The number of fused-ring (bicyclic) bond motifs is 1. The molecule has 0 atom stereocenters. The van der Waals surface area contributed by atoms with Crippen LogP contribution in [0.1, 0.15) is 5.69 Å². The number of hydrogen-bond acceptors (Lipinski definition) is 3. The fourth-order valence-corrected chi connectivity index (χ4v) is 2.10. The highest BCUT2D eigenvalue weighted by Crippen LogP contribution is 2.15. The van der Waals surface area contributed by atoms with Gasteiger partial charge < -0.3 is 0 Å². The molecule has 3 aromatic rings. The van der Waals surface area contributed by atoms with Crippen LogP contribution < -0.4 is 5.56 Å². The molecule has 0 aliphatic rings. The number of benzene rings is 1. The minimum atomic E-state index is -0.176. The van der Waals surface area contributed by atoms with Crippen molar-refractivity contribution in [1.82, 2.24) is 19.7 Å². The minimum absolute atomic E-state index is 0.176. The summed E-state index contributed by atoms with van der Waals surface area (Å²) in [6.07, 6.45) is 1.76. The molecule has 6 heteroatoms. The van der Waals surface area contributed by atoms with Crippen LogP contribution in [0.15, 0.2) is 39.7 Å². The Morgan fingerprint density at radius 2 is 2.17 bits per heavy atom. The lowest BCUT2D eigenvalue weighted by Crippen LogP contribution is -2.13. The molecule has 0 amide bonds. The molecule has 18 heavy (non-hydrogen) atoms. The van der Waals surface area contributed by atoms with Gasteiger partial charge in [-0.1, -0.05) is 15.9 Å². The molecule has 0 aliphatic carbocycles. The second-order valence-corrected chi connectivity index (χ2v) is 4.87. The van der Waals surface area contributed by atoms with E-state index in [1.54, 1.807) is 23.0 Å². The number of aryl methyl sites for hydroxylation is 1. The predicted molar refractivity (Wildman–Crippen MR) is 71.9 cm³/mol. The number of H-pyrrole nitrogens is 1. The summed E-state index contributed by atoms with van der Waals surface area (Å²) < 4.78 is 2.41. The van der Waals surface area contributed by atoms with E-state index in [0.717, 1.165) is 10.2 Å². The van der Waals surface area contributed by atoms with Gasteiger partial charge in [0.15, 0.2) is 0 Å². The van der Waals surface area contributed by atoms with Gasteiger partial charge in [0.25, 0.3) is 5.56 Å². The van der Waals surface area contributed by atoms with Gasteiger partial charge in [-0.2, -0.15) is 5.10 Å². The van der Waals surface area contributed by atoms with Crippen molar-refractivity contribution < 1.29 is 0 Å². The van der Waals surface area contributed by atoms with E-state index < -0.39 is 0 Å². The Labute approximate surface area is 111 Å². The van der Waals surface area contributed by atoms with Crippen molar-refractivity contribution in [2.75, 3.05) is 0 Å². The molecule has 0 aliphatic heterocycles. The molecular formula is C12H9BrN4O. The van der Waals surface area contributed by atoms with Crippen molar-refractivity contribution in [2.45, 2.75) is 6.92 Å². The highest BCUT2D eigenvalue weighted by atomic mass is 79.9. The summed E-state index contributed by atoms with van der Waals surface area (Å²) in [4.78, 5) is 19.1. The number of hydrogen-bond donors (Lipinski definition) is 1. The SMILES string of the molecule is Cc1ccn(-c2nc3ccc(Br)cc3c(=O)[nH]2)n1. The number of halogens is 1. The lowest BCUT2D eigenvalue weighted by atomic mass is 10.2. The van der Waals surface area contributed by atoms with Crippen molar-refractivity contribution >= 4 is 26.8 Å². The normalized spacial score (nSPS) is 11.0. The Hall–Kier alpha value is -1.95. The Morgan fingerprint density at radius 1 is 1.33 bits per heavy atom. The van der Waals surface area contributed by atoms with Gasteiger partial charge in [0.05, 0.1) is 16.6 Å². The largest absolute Gasteiger partial charge is 0.290 e. The van der Waals surface area contributed by atoms with Gasteiger partial charge in [-0.15, -0.1) is 0 Å². The molecule has 0 saturated carbocycles. The third-order valence-corrected chi connectivity index (χ3v) is 3.09. The van der Waals surface area contributed by atoms with Gasteiger partial charge in [-0.05, 0) is 31.2 Å². The van der Waals surface area contributed by atoms with E-state index in [9.17, 15) is 4.79 Å². The summed E-state index contributed by atoms with van der Waals surface area (Å²) in [7, 11) is 0. The number of nitrogens with one attached hydrogen (secondary N) is 1. The van der Waals surface area contributed by atoms with Crippen LogP contribution in [-0.4, -0.2) is 19.7 Å². The molecule has 1 N–H and O–H groups in total.